The van der Waals surface area contributed by atoms with Crippen LogP contribution >= 0.6 is 11.3 Å². The van der Waals surface area contributed by atoms with Crippen molar-refractivity contribution in [2.24, 2.45) is 0 Å². The zero-order valence-electron chi connectivity index (χ0n) is 15.1. The molecule has 0 unspecified atom stereocenters. The smallest absolute Gasteiger partial charge is 0.265 e. The molecule has 1 aromatic heterocycles. The van der Waals surface area contributed by atoms with E-state index in [4.69, 9.17) is 4.74 Å². The van der Waals surface area contributed by atoms with Gasteiger partial charge in [-0.25, -0.2) is 4.98 Å². The number of nitrogens with zero attached hydrogens (tertiary/aromatic N) is 3. The van der Waals surface area contributed by atoms with Crippen molar-refractivity contribution in [3.05, 3.63) is 40.4 Å². The van der Waals surface area contributed by atoms with Gasteiger partial charge in [0, 0.05) is 32.7 Å². The normalized spacial score (nSPS) is 14.1. The van der Waals surface area contributed by atoms with Gasteiger partial charge in [0.25, 0.3) is 5.91 Å². The van der Waals surface area contributed by atoms with Crippen molar-refractivity contribution in [1.29, 1.82) is 0 Å². The van der Waals surface area contributed by atoms with E-state index in [1.54, 1.807) is 21.0 Å². The number of carbonyl (C=O) groups is 2. The average Bonchev–Trinajstić information content (AvgIpc) is 2.83. The Morgan fingerprint density at radius 3 is 2.88 bits per heavy atom. The molecule has 0 spiro atoms. The fraction of sp³-hybridized carbons (Fsp3) is 0.389. The van der Waals surface area contributed by atoms with Crippen LogP contribution in [-0.2, 0) is 11.3 Å². The topological polar surface area (TPSA) is 74.8 Å². The highest BCUT2D eigenvalue weighted by Gasteiger charge is 2.20. The van der Waals surface area contributed by atoms with Crippen LogP contribution in [0.25, 0.3) is 0 Å². The van der Waals surface area contributed by atoms with Gasteiger partial charge in [-0.15, -0.1) is 0 Å². The number of amides is 2. The molecule has 0 aliphatic carbocycles. The van der Waals surface area contributed by atoms with E-state index in [1.165, 1.54) is 16.2 Å². The molecule has 1 aliphatic heterocycles. The van der Waals surface area contributed by atoms with Crippen molar-refractivity contribution in [2.75, 3.05) is 39.1 Å². The van der Waals surface area contributed by atoms with Gasteiger partial charge in [0.15, 0.2) is 5.13 Å². The lowest BCUT2D eigenvalue weighted by Crippen LogP contribution is -2.34. The standard InChI is InChI=1S/C18H22N4O3S/c1-12-16(17(24)21(2)3)26-18(19-12)20-15(23)11-22-8-9-25-14-7-5-4-6-13(14)10-22/h4-7H,8-11H2,1-3H3,(H,19,20,23). The number of carbonyl (C=O) groups excluding carboxylic acids is 2. The molecule has 26 heavy (non-hydrogen) atoms. The van der Waals surface area contributed by atoms with Gasteiger partial charge < -0.3 is 15.0 Å². The fourth-order valence-electron chi connectivity index (χ4n) is 2.73. The number of ether oxygens (including phenoxy) is 1. The maximum Gasteiger partial charge on any atom is 0.265 e. The van der Waals surface area contributed by atoms with Crippen molar-refractivity contribution in [3.8, 4) is 5.75 Å². The number of hydrogen-bond acceptors (Lipinski definition) is 6. The number of fused-ring (bicyclic) bond motifs is 1. The Labute approximate surface area is 156 Å². The SMILES string of the molecule is Cc1nc(NC(=O)CN2CCOc3ccccc3C2)sc1C(=O)N(C)C. The van der Waals surface area contributed by atoms with Gasteiger partial charge in [0.1, 0.15) is 17.2 Å². The Kier molecular flexibility index (Phi) is 5.53. The summed E-state index contributed by atoms with van der Waals surface area (Å²) in [5.41, 5.74) is 1.70. The molecule has 0 saturated heterocycles. The highest BCUT2D eigenvalue weighted by molar-refractivity contribution is 7.17. The first-order chi connectivity index (χ1) is 12.4. The average molecular weight is 374 g/mol. The van der Waals surface area contributed by atoms with E-state index in [1.807, 2.05) is 29.2 Å². The van der Waals surface area contributed by atoms with Crippen LogP contribution < -0.4 is 10.1 Å². The monoisotopic (exact) mass is 374 g/mol. The van der Waals surface area contributed by atoms with E-state index < -0.39 is 0 Å². The molecule has 2 amide bonds. The number of anilines is 1. The molecule has 0 atom stereocenters. The number of benzene rings is 1. The second kappa shape index (κ2) is 7.84. The number of rotatable bonds is 4. The maximum atomic E-state index is 12.4. The van der Waals surface area contributed by atoms with Gasteiger partial charge in [-0.3, -0.25) is 14.5 Å². The number of para-hydroxylation sites is 1. The molecule has 2 aromatic rings. The molecule has 8 heteroatoms. The lowest BCUT2D eigenvalue weighted by atomic mass is 10.2. The van der Waals surface area contributed by atoms with Crippen LogP contribution in [0.4, 0.5) is 5.13 Å². The molecule has 138 valence electrons. The minimum atomic E-state index is -0.151. The number of aromatic nitrogens is 1. The third-order valence-corrected chi connectivity index (χ3v) is 5.10. The van der Waals surface area contributed by atoms with Crippen molar-refractivity contribution in [3.63, 3.8) is 0 Å². The zero-order chi connectivity index (χ0) is 18.7. The Hall–Kier alpha value is -2.45. The molecule has 0 radical (unpaired) electrons. The molecular weight excluding hydrogens is 352 g/mol. The van der Waals surface area contributed by atoms with Crippen LogP contribution in [0.1, 0.15) is 20.9 Å². The van der Waals surface area contributed by atoms with Crippen LogP contribution in [0, 0.1) is 6.92 Å². The van der Waals surface area contributed by atoms with Crippen molar-refractivity contribution in [1.82, 2.24) is 14.8 Å². The molecule has 7 nitrogen and oxygen atoms in total. The fourth-order valence-corrected chi connectivity index (χ4v) is 3.73. The van der Waals surface area contributed by atoms with Gasteiger partial charge in [-0.1, -0.05) is 29.5 Å². The first kappa shape index (κ1) is 18.3. The summed E-state index contributed by atoms with van der Waals surface area (Å²) >= 11 is 1.20. The highest BCUT2D eigenvalue weighted by atomic mass is 32.1. The van der Waals surface area contributed by atoms with Gasteiger partial charge >= 0.3 is 0 Å². The van der Waals surface area contributed by atoms with Crippen LogP contribution in [0.5, 0.6) is 5.75 Å². The second-order valence-corrected chi connectivity index (χ2v) is 7.35. The molecule has 1 aromatic carbocycles. The molecule has 3 rings (SSSR count). The van der Waals surface area contributed by atoms with E-state index in [0.29, 0.717) is 35.4 Å². The molecule has 1 N–H and O–H groups in total. The second-order valence-electron chi connectivity index (χ2n) is 6.35. The summed E-state index contributed by atoms with van der Waals surface area (Å²) in [7, 11) is 3.39. The summed E-state index contributed by atoms with van der Waals surface area (Å²) in [6.07, 6.45) is 0. The van der Waals surface area contributed by atoms with Gasteiger partial charge in [-0.2, -0.15) is 0 Å². The van der Waals surface area contributed by atoms with Crippen molar-refractivity contribution in [2.45, 2.75) is 13.5 Å². The number of hydrogen-bond donors (Lipinski definition) is 1. The molecular formula is C18H22N4O3S. The number of aryl methyl sites for hydroxylation is 1. The summed E-state index contributed by atoms with van der Waals surface area (Å²) in [6, 6.07) is 7.86. The van der Waals surface area contributed by atoms with Crippen LogP contribution in [0.3, 0.4) is 0 Å². The van der Waals surface area contributed by atoms with Gasteiger partial charge in [0.2, 0.25) is 5.91 Å². The van der Waals surface area contributed by atoms with E-state index in [-0.39, 0.29) is 18.4 Å². The van der Waals surface area contributed by atoms with Gasteiger partial charge in [-0.05, 0) is 13.0 Å². The Balaban J connectivity index is 1.63. The quantitative estimate of drug-likeness (QED) is 0.886. The third-order valence-electron chi connectivity index (χ3n) is 4.04. The minimum absolute atomic E-state index is 0.109. The summed E-state index contributed by atoms with van der Waals surface area (Å²) in [6.45, 7) is 3.88. The van der Waals surface area contributed by atoms with Crippen LogP contribution in [0.2, 0.25) is 0 Å². The van der Waals surface area contributed by atoms with E-state index in [0.717, 1.165) is 11.3 Å². The Bertz CT molecular complexity index is 819. The molecule has 2 heterocycles. The molecule has 0 bridgehead atoms. The van der Waals surface area contributed by atoms with Gasteiger partial charge in [0.05, 0.1) is 12.2 Å². The Morgan fingerprint density at radius 1 is 1.35 bits per heavy atom. The summed E-state index contributed by atoms with van der Waals surface area (Å²) < 4.78 is 5.72. The first-order valence-electron chi connectivity index (χ1n) is 8.36. The van der Waals surface area contributed by atoms with Crippen LogP contribution in [0.15, 0.2) is 24.3 Å². The van der Waals surface area contributed by atoms with Crippen molar-refractivity contribution < 1.29 is 14.3 Å². The van der Waals surface area contributed by atoms with E-state index >= 15 is 0 Å². The first-order valence-corrected chi connectivity index (χ1v) is 9.17. The number of thiazole rings is 1. The Morgan fingerprint density at radius 2 is 2.12 bits per heavy atom. The predicted molar refractivity (Wildman–Crippen MR) is 101 cm³/mol. The lowest BCUT2D eigenvalue weighted by molar-refractivity contribution is -0.117. The van der Waals surface area contributed by atoms with Crippen molar-refractivity contribution >= 4 is 28.3 Å². The van der Waals surface area contributed by atoms with E-state index in [9.17, 15) is 9.59 Å². The molecule has 0 fully saturated rings. The minimum Gasteiger partial charge on any atom is -0.492 e. The highest BCUT2D eigenvalue weighted by Crippen LogP contribution is 2.24. The third kappa shape index (κ3) is 4.20. The zero-order valence-corrected chi connectivity index (χ0v) is 15.9. The summed E-state index contributed by atoms with van der Waals surface area (Å²) in [5.74, 6) is 0.613. The predicted octanol–water partition coefficient (Wildman–Crippen LogP) is 1.99. The van der Waals surface area contributed by atoms with E-state index in [2.05, 4.69) is 10.3 Å². The number of nitrogens with one attached hydrogen (secondary N) is 1. The van der Waals surface area contributed by atoms with Crippen LogP contribution in [-0.4, -0.2) is 60.4 Å². The largest absolute Gasteiger partial charge is 0.492 e. The molecule has 0 saturated carbocycles. The summed E-state index contributed by atoms with van der Waals surface area (Å²) in [4.78, 5) is 32.9. The maximum absolute atomic E-state index is 12.4. The molecule has 1 aliphatic rings. The summed E-state index contributed by atoms with van der Waals surface area (Å²) in [5, 5.41) is 3.25. The lowest BCUT2D eigenvalue weighted by Gasteiger charge is -2.18.